The van der Waals surface area contributed by atoms with E-state index in [9.17, 15) is 4.79 Å². The number of carbonyl (C=O) groups is 1. The summed E-state index contributed by atoms with van der Waals surface area (Å²) in [5, 5.41) is 0.674. The molecule has 0 heterocycles. The van der Waals surface area contributed by atoms with Gasteiger partial charge in [0.05, 0.1) is 6.54 Å². The normalized spacial score (nSPS) is 10.8. The average molecular weight is 240 g/mol. The van der Waals surface area contributed by atoms with Crippen LogP contribution in [0.3, 0.4) is 0 Å². The van der Waals surface area contributed by atoms with E-state index in [4.69, 9.17) is 17.3 Å². The number of halogens is 1. The van der Waals surface area contributed by atoms with E-state index in [0.717, 1.165) is 18.4 Å². The quantitative estimate of drug-likeness (QED) is 0.801. The van der Waals surface area contributed by atoms with Crippen molar-refractivity contribution in [1.29, 1.82) is 0 Å². The highest BCUT2D eigenvalue weighted by Crippen LogP contribution is 2.30. The van der Waals surface area contributed by atoms with Gasteiger partial charge in [0.2, 0.25) is 0 Å². The van der Waals surface area contributed by atoms with Crippen LogP contribution in [0, 0.1) is 0 Å². The summed E-state index contributed by atoms with van der Waals surface area (Å²) in [6, 6.07) is 5.49. The van der Waals surface area contributed by atoms with E-state index >= 15 is 0 Å². The van der Waals surface area contributed by atoms with Crippen molar-refractivity contribution in [1.82, 2.24) is 0 Å². The molecule has 1 aromatic rings. The zero-order valence-electron chi connectivity index (χ0n) is 9.79. The summed E-state index contributed by atoms with van der Waals surface area (Å²) in [6.07, 6.45) is 2.11. The number of benzene rings is 1. The highest BCUT2D eigenvalue weighted by molar-refractivity contribution is 6.31. The van der Waals surface area contributed by atoms with Gasteiger partial charge in [-0.2, -0.15) is 0 Å². The number of hydrogen-bond donors (Lipinski definition) is 1. The lowest BCUT2D eigenvalue weighted by atomic mass is 9.93. The summed E-state index contributed by atoms with van der Waals surface area (Å²) in [5.41, 5.74) is 7.04. The van der Waals surface area contributed by atoms with Crippen LogP contribution in [0.15, 0.2) is 18.2 Å². The topological polar surface area (TPSA) is 43.1 Å². The number of Topliss-reactive ketones (excluding diaryl/α,β-unsaturated/α-hetero) is 1. The van der Waals surface area contributed by atoms with Gasteiger partial charge in [0.15, 0.2) is 5.78 Å². The van der Waals surface area contributed by atoms with Crippen LogP contribution in [0.5, 0.6) is 0 Å². The Morgan fingerprint density at radius 2 is 2.00 bits per heavy atom. The Labute approximate surface area is 102 Å². The first kappa shape index (κ1) is 13.2. The molecular formula is C13H18ClNO. The molecule has 0 saturated heterocycles. The summed E-state index contributed by atoms with van der Waals surface area (Å²) >= 11 is 6.19. The molecule has 0 aliphatic rings. The van der Waals surface area contributed by atoms with Crippen molar-refractivity contribution in [3.05, 3.63) is 34.3 Å². The largest absolute Gasteiger partial charge is 0.324 e. The second-order valence-corrected chi connectivity index (χ2v) is 4.28. The number of carbonyl (C=O) groups excluding carboxylic acids is 1. The number of rotatable bonds is 5. The molecule has 0 aliphatic carbocycles. The van der Waals surface area contributed by atoms with Gasteiger partial charge in [0.25, 0.3) is 0 Å². The Balaban J connectivity index is 3.04. The Hall–Kier alpha value is -0.860. The highest BCUT2D eigenvalue weighted by Gasteiger charge is 2.13. The fraction of sp³-hybridized carbons (Fsp3) is 0.462. The van der Waals surface area contributed by atoms with Crippen molar-refractivity contribution >= 4 is 17.4 Å². The Kier molecular flexibility index (Phi) is 4.97. The van der Waals surface area contributed by atoms with Crippen LogP contribution in [-0.4, -0.2) is 12.3 Å². The smallest absolute Gasteiger partial charge is 0.176 e. The minimum absolute atomic E-state index is 0.0284. The minimum Gasteiger partial charge on any atom is -0.324 e. The first-order chi connectivity index (χ1) is 7.63. The predicted molar refractivity (Wildman–Crippen MR) is 68.2 cm³/mol. The summed E-state index contributed by atoms with van der Waals surface area (Å²) in [7, 11) is 0. The molecule has 0 aromatic heterocycles. The van der Waals surface area contributed by atoms with Crippen molar-refractivity contribution in [2.45, 2.75) is 32.6 Å². The van der Waals surface area contributed by atoms with Crippen LogP contribution in [-0.2, 0) is 0 Å². The summed E-state index contributed by atoms with van der Waals surface area (Å²) in [5.74, 6) is 0.396. The van der Waals surface area contributed by atoms with Crippen LogP contribution in [0.1, 0.15) is 48.5 Å². The van der Waals surface area contributed by atoms with Crippen molar-refractivity contribution in [3.8, 4) is 0 Å². The molecule has 0 fully saturated rings. The highest BCUT2D eigenvalue weighted by atomic mass is 35.5. The maximum Gasteiger partial charge on any atom is 0.176 e. The van der Waals surface area contributed by atoms with Gasteiger partial charge in [-0.1, -0.05) is 37.6 Å². The van der Waals surface area contributed by atoms with Crippen molar-refractivity contribution in [2.75, 3.05) is 6.54 Å². The van der Waals surface area contributed by atoms with Gasteiger partial charge in [0, 0.05) is 10.6 Å². The molecule has 1 aromatic carbocycles. The lowest BCUT2D eigenvalue weighted by molar-refractivity contribution is 0.100. The Bertz CT molecular complexity index is 372. The standard InChI is InChI=1S/C13H18ClNO/c1-3-9(4-2)11-6-5-10(7-12(11)14)13(16)8-15/h5-7,9H,3-4,8,15H2,1-2H3. The number of ketones is 1. The van der Waals surface area contributed by atoms with E-state index in [2.05, 4.69) is 13.8 Å². The van der Waals surface area contributed by atoms with Gasteiger partial charge in [-0.3, -0.25) is 4.79 Å². The van der Waals surface area contributed by atoms with Crippen LogP contribution in [0.2, 0.25) is 5.02 Å². The predicted octanol–water partition coefficient (Wildman–Crippen LogP) is 3.39. The van der Waals surface area contributed by atoms with E-state index in [1.165, 1.54) is 0 Å². The molecule has 2 N–H and O–H groups in total. The first-order valence-electron chi connectivity index (χ1n) is 5.66. The maximum atomic E-state index is 11.4. The van der Waals surface area contributed by atoms with Crippen LogP contribution < -0.4 is 5.73 Å². The van der Waals surface area contributed by atoms with E-state index < -0.39 is 0 Å². The fourth-order valence-electron chi connectivity index (χ4n) is 1.88. The van der Waals surface area contributed by atoms with E-state index in [0.29, 0.717) is 16.5 Å². The van der Waals surface area contributed by atoms with Gasteiger partial charge in [0.1, 0.15) is 0 Å². The van der Waals surface area contributed by atoms with Gasteiger partial charge in [-0.05, 0) is 30.4 Å². The second kappa shape index (κ2) is 6.02. The van der Waals surface area contributed by atoms with Crippen LogP contribution in [0.25, 0.3) is 0 Å². The van der Waals surface area contributed by atoms with Gasteiger partial charge in [-0.25, -0.2) is 0 Å². The third-order valence-electron chi connectivity index (χ3n) is 2.93. The fourth-order valence-corrected chi connectivity index (χ4v) is 2.21. The molecule has 16 heavy (non-hydrogen) atoms. The molecule has 0 amide bonds. The second-order valence-electron chi connectivity index (χ2n) is 3.88. The average Bonchev–Trinajstić information content (AvgIpc) is 2.31. The minimum atomic E-state index is -0.0713. The Morgan fingerprint density at radius 1 is 1.38 bits per heavy atom. The van der Waals surface area contributed by atoms with E-state index in [1.807, 2.05) is 12.1 Å². The van der Waals surface area contributed by atoms with Gasteiger partial charge < -0.3 is 5.73 Å². The zero-order chi connectivity index (χ0) is 12.1. The van der Waals surface area contributed by atoms with Crippen molar-refractivity contribution < 1.29 is 4.79 Å². The molecule has 0 saturated carbocycles. The lowest BCUT2D eigenvalue weighted by Crippen LogP contribution is -2.13. The molecule has 0 radical (unpaired) electrons. The third kappa shape index (κ3) is 2.83. The van der Waals surface area contributed by atoms with Gasteiger partial charge in [-0.15, -0.1) is 0 Å². The van der Waals surface area contributed by atoms with Crippen molar-refractivity contribution in [2.24, 2.45) is 5.73 Å². The molecule has 0 spiro atoms. The summed E-state index contributed by atoms with van der Waals surface area (Å²) in [6.45, 7) is 4.31. The van der Waals surface area contributed by atoms with Crippen molar-refractivity contribution in [3.63, 3.8) is 0 Å². The van der Waals surface area contributed by atoms with Crippen LogP contribution >= 0.6 is 11.6 Å². The number of nitrogens with two attached hydrogens (primary N) is 1. The van der Waals surface area contributed by atoms with E-state index in [-0.39, 0.29) is 12.3 Å². The third-order valence-corrected chi connectivity index (χ3v) is 3.26. The Morgan fingerprint density at radius 3 is 2.44 bits per heavy atom. The summed E-state index contributed by atoms with van der Waals surface area (Å²) < 4.78 is 0. The molecule has 0 atom stereocenters. The molecule has 0 unspecified atom stereocenters. The molecule has 0 aliphatic heterocycles. The van der Waals surface area contributed by atoms with Gasteiger partial charge >= 0.3 is 0 Å². The first-order valence-corrected chi connectivity index (χ1v) is 6.04. The maximum absolute atomic E-state index is 11.4. The number of hydrogen-bond acceptors (Lipinski definition) is 2. The SMILES string of the molecule is CCC(CC)c1ccc(C(=O)CN)cc1Cl. The molecule has 3 heteroatoms. The monoisotopic (exact) mass is 239 g/mol. The summed E-state index contributed by atoms with van der Waals surface area (Å²) in [4.78, 5) is 11.4. The molecule has 88 valence electrons. The molecule has 0 bridgehead atoms. The molecule has 2 nitrogen and oxygen atoms in total. The molecule has 1 rings (SSSR count). The lowest BCUT2D eigenvalue weighted by Gasteiger charge is -2.15. The zero-order valence-corrected chi connectivity index (χ0v) is 10.6. The van der Waals surface area contributed by atoms with E-state index in [1.54, 1.807) is 6.07 Å². The van der Waals surface area contributed by atoms with Crippen LogP contribution in [0.4, 0.5) is 0 Å². The molecular weight excluding hydrogens is 222 g/mol.